The number of ether oxygens (including phenoxy) is 1. The molecule has 0 aromatic heterocycles. The number of carbonyl (C=O) groups excluding carboxylic acids is 1. The molecule has 0 saturated heterocycles. The molecule has 0 bridgehead atoms. The number of halogens is 4. The number of anilines is 1. The van der Waals surface area contributed by atoms with Crippen LogP contribution in [-0.4, -0.2) is 13.0 Å². The van der Waals surface area contributed by atoms with Crippen molar-refractivity contribution in [1.29, 1.82) is 0 Å². The zero-order valence-corrected chi connectivity index (χ0v) is 12.3. The van der Waals surface area contributed by atoms with Crippen molar-refractivity contribution >= 4 is 27.5 Å². The molecule has 21 heavy (non-hydrogen) atoms. The molecule has 0 saturated carbocycles. The van der Waals surface area contributed by atoms with Gasteiger partial charge in [-0.2, -0.15) is 0 Å². The first-order valence-electron chi connectivity index (χ1n) is 5.72. The topological polar surface area (TPSA) is 38.3 Å². The van der Waals surface area contributed by atoms with E-state index in [9.17, 15) is 18.0 Å². The third-order valence-corrected chi connectivity index (χ3v) is 3.28. The van der Waals surface area contributed by atoms with E-state index in [-0.39, 0.29) is 5.56 Å². The van der Waals surface area contributed by atoms with Crippen molar-refractivity contribution in [3.05, 3.63) is 57.8 Å². The van der Waals surface area contributed by atoms with E-state index in [1.807, 2.05) is 0 Å². The lowest BCUT2D eigenvalue weighted by Gasteiger charge is -2.08. The number of hydrogen-bond donors (Lipinski definition) is 1. The van der Waals surface area contributed by atoms with Crippen LogP contribution in [0.4, 0.5) is 18.9 Å². The maximum Gasteiger partial charge on any atom is 0.255 e. The summed E-state index contributed by atoms with van der Waals surface area (Å²) in [5.74, 6) is -4.65. The van der Waals surface area contributed by atoms with E-state index >= 15 is 0 Å². The fraction of sp³-hybridized carbons (Fsp3) is 0.0714. The summed E-state index contributed by atoms with van der Waals surface area (Å²) >= 11 is 3.24. The summed E-state index contributed by atoms with van der Waals surface area (Å²) in [5.41, 5.74) is 0.0659. The van der Waals surface area contributed by atoms with Gasteiger partial charge in [-0.05, 0) is 46.3 Å². The minimum atomic E-state index is -1.61. The van der Waals surface area contributed by atoms with Crippen LogP contribution in [0.2, 0.25) is 0 Å². The molecule has 7 heteroatoms. The van der Waals surface area contributed by atoms with Crippen LogP contribution in [0.5, 0.6) is 5.75 Å². The van der Waals surface area contributed by atoms with Crippen molar-refractivity contribution in [2.24, 2.45) is 0 Å². The summed E-state index contributed by atoms with van der Waals surface area (Å²) < 4.78 is 44.6. The third kappa shape index (κ3) is 3.36. The Balaban J connectivity index is 2.24. The van der Waals surface area contributed by atoms with Crippen LogP contribution < -0.4 is 10.1 Å². The van der Waals surface area contributed by atoms with Gasteiger partial charge in [-0.3, -0.25) is 4.79 Å². The van der Waals surface area contributed by atoms with Gasteiger partial charge < -0.3 is 10.1 Å². The van der Waals surface area contributed by atoms with E-state index in [0.29, 0.717) is 28.0 Å². The molecule has 2 rings (SSSR count). The van der Waals surface area contributed by atoms with E-state index in [0.717, 1.165) is 0 Å². The van der Waals surface area contributed by atoms with Gasteiger partial charge in [0.2, 0.25) is 0 Å². The van der Waals surface area contributed by atoms with E-state index < -0.39 is 23.4 Å². The largest absolute Gasteiger partial charge is 0.496 e. The number of methoxy groups -OCH3 is 1. The Morgan fingerprint density at radius 1 is 1.14 bits per heavy atom. The Hall–Kier alpha value is -2.02. The van der Waals surface area contributed by atoms with Crippen LogP contribution in [0.3, 0.4) is 0 Å². The molecule has 2 aromatic carbocycles. The molecule has 1 amide bonds. The van der Waals surface area contributed by atoms with Gasteiger partial charge in [0.15, 0.2) is 17.5 Å². The van der Waals surface area contributed by atoms with Crippen molar-refractivity contribution in [2.75, 3.05) is 12.4 Å². The first kappa shape index (κ1) is 15.4. The lowest BCUT2D eigenvalue weighted by Crippen LogP contribution is -2.13. The minimum absolute atomic E-state index is 0.321. The normalized spacial score (nSPS) is 10.3. The molecule has 0 spiro atoms. The lowest BCUT2D eigenvalue weighted by molar-refractivity contribution is 0.102. The fourth-order valence-corrected chi connectivity index (χ4v) is 2.17. The van der Waals surface area contributed by atoms with Crippen LogP contribution in [0.15, 0.2) is 34.8 Å². The highest BCUT2D eigenvalue weighted by Crippen LogP contribution is 2.28. The van der Waals surface area contributed by atoms with Gasteiger partial charge in [0.1, 0.15) is 5.75 Å². The van der Waals surface area contributed by atoms with E-state index in [1.165, 1.54) is 7.11 Å². The van der Waals surface area contributed by atoms with Gasteiger partial charge >= 0.3 is 0 Å². The molecule has 0 heterocycles. The molecule has 3 nitrogen and oxygen atoms in total. The van der Waals surface area contributed by atoms with Crippen molar-refractivity contribution in [2.45, 2.75) is 0 Å². The highest BCUT2D eigenvalue weighted by atomic mass is 79.9. The Kier molecular flexibility index (Phi) is 4.52. The molecule has 0 unspecified atom stereocenters. The van der Waals surface area contributed by atoms with E-state index in [4.69, 9.17) is 4.74 Å². The minimum Gasteiger partial charge on any atom is -0.496 e. The molecular formula is C14H9BrF3NO2. The van der Waals surface area contributed by atoms with Gasteiger partial charge in [0.05, 0.1) is 11.6 Å². The Labute approximate surface area is 126 Å². The zero-order chi connectivity index (χ0) is 15.6. The third-order valence-electron chi connectivity index (χ3n) is 2.66. The fourth-order valence-electron chi connectivity index (χ4n) is 1.63. The summed E-state index contributed by atoms with van der Waals surface area (Å²) in [6.45, 7) is 0. The summed E-state index contributed by atoms with van der Waals surface area (Å²) in [6, 6.07) is 5.98. The van der Waals surface area contributed by atoms with Gasteiger partial charge in [-0.15, -0.1) is 0 Å². The first-order chi connectivity index (χ1) is 9.92. The average Bonchev–Trinajstić information content (AvgIpc) is 2.44. The number of benzene rings is 2. The van der Waals surface area contributed by atoms with Gasteiger partial charge in [-0.1, -0.05) is 0 Å². The van der Waals surface area contributed by atoms with Crippen LogP contribution in [0.1, 0.15) is 10.4 Å². The number of carbonyl (C=O) groups is 1. The SMILES string of the molecule is COc1ccc(NC(=O)c2cc(F)c(F)c(F)c2)cc1Br. The lowest BCUT2D eigenvalue weighted by atomic mass is 10.2. The van der Waals surface area contributed by atoms with Crippen molar-refractivity contribution < 1.29 is 22.7 Å². The smallest absolute Gasteiger partial charge is 0.255 e. The second-order valence-electron chi connectivity index (χ2n) is 4.06. The van der Waals surface area contributed by atoms with Crippen LogP contribution in [0.25, 0.3) is 0 Å². The summed E-state index contributed by atoms with van der Waals surface area (Å²) in [6.07, 6.45) is 0. The number of nitrogens with one attached hydrogen (secondary N) is 1. The molecule has 110 valence electrons. The molecule has 2 aromatic rings. The molecule has 0 aliphatic heterocycles. The number of hydrogen-bond acceptors (Lipinski definition) is 2. The number of amides is 1. The molecule has 0 aliphatic carbocycles. The summed E-state index contributed by atoms with van der Waals surface area (Å²) in [7, 11) is 1.49. The predicted octanol–water partition coefficient (Wildman–Crippen LogP) is 4.13. The quantitative estimate of drug-likeness (QED) is 0.836. The summed E-state index contributed by atoms with van der Waals surface area (Å²) in [4.78, 5) is 11.9. The second-order valence-corrected chi connectivity index (χ2v) is 4.91. The van der Waals surface area contributed by atoms with Crippen molar-refractivity contribution in [3.8, 4) is 5.75 Å². The van der Waals surface area contributed by atoms with Crippen LogP contribution >= 0.6 is 15.9 Å². The van der Waals surface area contributed by atoms with Gasteiger partial charge in [0, 0.05) is 11.3 Å². The Bertz CT molecular complexity index is 684. The van der Waals surface area contributed by atoms with Gasteiger partial charge in [0.25, 0.3) is 5.91 Å². The first-order valence-corrected chi connectivity index (χ1v) is 6.51. The van der Waals surface area contributed by atoms with Crippen LogP contribution in [-0.2, 0) is 0 Å². The molecule has 0 atom stereocenters. The number of rotatable bonds is 3. The average molecular weight is 360 g/mol. The monoisotopic (exact) mass is 359 g/mol. The van der Waals surface area contributed by atoms with Crippen molar-refractivity contribution in [3.63, 3.8) is 0 Å². The molecule has 0 aliphatic rings. The molecule has 0 fully saturated rings. The Morgan fingerprint density at radius 2 is 1.76 bits per heavy atom. The molecule has 1 N–H and O–H groups in total. The molecular weight excluding hydrogens is 351 g/mol. The Morgan fingerprint density at radius 3 is 2.29 bits per heavy atom. The zero-order valence-electron chi connectivity index (χ0n) is 10.7. The van der Waals surface area contributed by atoms with Gasteiger partial charge in [-0.25, -0.2) is 13.2 Å². The predicted molar refractivity (Wildman–Crippen MR) is 75.0 cm³/mol. The highest BCUT2D eigenvalue weighted by molar-refractivity contribution is 9.10. The van der Waals surface area contributed by atoms with Crippen LogP contribution in [0, 0.1) is 17.5 Å². The standard InChI is InChI=1S/C14H9BrF3NO2/c1-21-12-3-2-8(6-9(12)15)19-14(20)7-4-10(16)13(18)11(17)5-7/h2-6H,1H3,(H,19,20). The molecule has 0 radical (unpaired) electrons. The maximum absolute atomic E-state index is 13.1. The van der Waals surface area contributed by atoms with Crippen molar-refractivity contribution in [1.82, 2.24) is 0 Å². The van der Waals surface area contributed by atoms with E-state index in [2.05, 4.69) is 21.2 Å². The summed E-state index contributed by atoms with van der Waals surface area (Å²) in [5, 5.41) is 2.44. The van der Waals surface area contributed by atoms with E-state index in [1.54, 1.807) is 18.2 Å². The maximum atomic E-state index is 13.1. The highest BCUT2D eigenvalue weighted by Gasteiger charge is 2.15. The second kappa shape index (κ2) is 6.17.